The van der Waals surface area contributed by atoms with Crippen molar-refractivity contribution in [2.24, 2.45) is 0 Å². The minimum absolute atomic E-state index is 0.507. The molecule has 2 aromatic rings. The van der Waals surface area contributed by atoms with E-state index < -0.39 is 0 Å². The van der Waals surface area contributed by atoms with Crippen molar-refractivity contribution in [3.63, 3.8) is 0 Å². The van der Waals surface area contributed by atoms with Crippen molar-refractivity contribution in [2.75, 3.05) is 5.73 Å². The van der Waals surface area contributed by atoms with E-state index in [0.717, 1.165) is 0 Å². The molecule has 2 N–H and O–H groups in total. The average Bonchev–Trinajstić information content (AvgIpc) is 2.54. The van der Waals surface area contributed by atoms with E-state index in [1.807, 2.05) is 0 Å². The second-order valence-corrected chi connectivity index (χ2v) is 4.82. The Hall–Kier alpha value is -1.48. The van der Waals surface area contributed by atoms with E-state index in [0.29, 0.717) is 17.4 Å². The van der Waals surface area contributed by atoms with Crippen LogP contribution in [0.4, 0.5) is 5.82 Å². The Morgan fingerprint density at radius 3 is 2.29 bits per heavy atom. The molecule has 0 aliphatic heterocycles. The fourth-order valence-corrected chi connectivity index (χ4v) is 2.25. The summed E-state index contributed by atoms with van der Waals surface area (Å²) in [5.74, 6) is 0.519. The first-order valence-corrected chi connectivity index (χ1v) is 5.90. The first-order valence-electron chi connectivity index (χ1n) is 5.52. The summed E-state index contributed by atoms with van der Waals surface area (Å²) >= 11 is 5.89. The summed E-state index contributed by atoms with van der Waals surface area (Å²) < 4.78 is 1.73. The van der Waals surface area contributed by atoms with Gasteiger partial charge in [0.05, 0.1) is 12.7 Å². The number of aryl methyl sites for hydroxylation is 3. The number of nitrogens with two attached hydrogens (primary N) is 1. The maximum absolute atomic E-state index is 5.89. The van der Waals surface area contributed by atoms with Crippen molar-refractivity contribution in [2.45, 2.75) is 27.3 Å². The van der Waals surface area contributed by atoms with E-state index in [-0.39, 0.29) is 0 Å². The van der Waals surface area contributed by atoms with Gasteiger partial charge in [0, 0.05) is 0 Å². The highest BCUT2D eigenvalue weighted by molar-refractivity contribution is 6.32. The van der Waals surface area contributed by atoms with Crippen LogP contribution in [0.15, 0.2) is 18.3 Å². The standard InChI is InChI=1S/C13H16ClN3/c1-8-4-9(2)11(10(3)5-8)7-17-13(15)12(14)6-16-17/h4-6H,7,15H2,1-3H3. The van der Waals surface area contributed by atoms with Crippen LogP contribution in [0.25, 0.3) is 0 Å². The molecule has 0 aliphatic rings. The van der Waals surface area contributed by atoms with Gasteiger partial charge < -0.3 is 5.73 Å². The van der Waals surface area contributed by atoms with E-state index in [4.69, 9.17) is 17.3 Å². The number of nitrogens with zero attached hydrogens (tertiary/aromatic N) is 2. The van der Waals surface area contributed by atoms with Crippen molar-refractivity contribution in [3.05, 3.63) is 45.6 Å². The van der Waals surface area contributed by atoms with Gasteiger partial charge in [-0.05, 0) is 37.5 Å². The molecule has 0 radical (unpaired) electrons. The fourth-order valence-electron chi connectivity index (χ4n) is 2.11. The number of hydrogen-bond donors (Lipinski definition) is 1. The Labute approximate surface area is 106 Å². The highest BCUT2D eigenvalue weighted by Crippen LogP contribution is 2.22. The predicted octanol–water partition coefficient (Wildman–Crippen LogP) is 3.09. The first kappa shape index (κ1) is 12.0. The normalized spacial score (nSPS) is 10.8. The summed E-state index contributed by atoms with van der Waals surface area (Å²) in [6.07, 6.45) is 1.58. The Morgan fingerprint density at radius 2 is 1.82 bits per heavy atom. The van der Waals surface area contributed by atoms with E-state index in [1.165, 1.54) is 22.3 Å². The summed E-state index contributed by atoms with van der Waals surface area (Å²) in [6, 6.07) is 4.34. The molecule has 1 aromatic carbocycles. The Bertz CT molecular complexity index is 535. The van der Waals surface area contributed by atoms with E-state index in [9.17, 15) is 0 Å². The van der Waals surface area contributed by atoms with E-state index in [2.05, 4.69) is 38.0 Å². The topological polar surface area (TPSA) is 43.8 Å². The maximum Gasteiger partial charge on any atom is 0.140 e. The fraction of sp³-hybridized carbons (Fsp3) is 0.308. The van der Waals surface area contributed by atoms with Gasteiger partial charge in [0.2, 0.25) is 0 Å². The molecule has 2 rings (SSSR count). The minimum Gasteiger partial charge on any atom is -0.383 e. The SMILES string of the molecule is Cc1cc(C)c(Cn2ncc(Cl)c2N)c(C)c1. The summed E-state index contributed by atoms with van der Waals surface area (Å²) in [4.78, 5) is 0. The number of benzene rings is 1. The molecule has 0 atom stereocenters. The van der Waals surface area contributed by atoms with Crippen molar-refractivity contribution in [1.29, 1.82) is 0 Å². The lowest BCUT2D eigenvalue weighted by Gasteiger charge is -2.12. The molecule has 3 nitrogen and oxygen atoms in total. The lowest BCUT2D eigenvalue weighted by molar-refractivity contribution is 0.691. The van der Waals surface area contributed by atoms with Crippen molar-refractivity contribution in [3.8, 4) is 0 Å². The van der Waals surface area contributed by atoms with E-state index in [1.54, 1.807) is 10.9 Å². The summed E-state index contributed by atoms with van der Waals surface area (Å²) in [7, 11) is 0. The van der Waals surface area contributed by atoms with Crippen LogP contribution < -0.4 is 5.73 Å². The van der Waals surface area contributed by atoms with Crippen molar-refractivity contribution < 1.29 is 0 Å². The predicted molar refractivity (Wildman–Crippen MR) is 71.4 cm³/mol. The van der Waals surface area contributed by atoms with Gasteiger partial charge in [0.25, 0.3) is 0 Å². The van der Waals surface area contributed by atoms with Gasteiger partial charge in [-0.1, -0.05) is 29.3 Å². The van der Waals surface area contributed by atoms with Crippen LogP contribution in [0.5, 0.6) is 0 Å². The second-order valence-electron chi connectivity index (χ2n) is 4.41. The Kier molecular flexibility index (Phi) is 3.11. The van der Waals surface area contributed by atoms with Crippen LogP contribution in [-0.2, 0) is 6.54 Å². The molecule has 0 bridgehead atoms. The third-order valence-electron chi connectivity index (χ3n) is 2.98. The van der Waals surface area contributed by atoms with Crippen LogP contribution in [0.3, 0.4) is 0 Å². The van der Waals surface area contributed by atoms with E-state index >= 15 is 0 Å². The summed E-state index contributed by atoms with van der Waals surface area (Å²) in [5.41, 5.74) is 10.9. The zero-order chi connectivity index (χ0) is 12.6. The highest BCUT2D eigenvalue weighted by Gasteiger charge is 2.09. The molecule has 1 heterocycles. The van der Waals surface area contributed by atoms with Gasteiger partial charge in [-0.3, -0.25) is 0 Å². The highest BCUT2D eigenvalue weighted by atomic mass is 35.5. The van der Waals surface area contributed by atoms with Gasteiger partial charge in [-0.15, -0.1) is 0 Å². The molecule has 4 heteroatoms. The molecular formula is C13H16ClN3. The van der Waals surface area contributed by atoms with Crippen molar-refractivity contribution in [1.82, 2.24) is 9.78 Å². The minimum atomic E-state index is 0.507. The number of anilines is 1. The molecule has 0 fully saturated rings. The third kappa shape index (κ3) is 2.29. The van der Waals surface area contributed by atoms with Crippen molar-refractivity contribution >= 4 is 17.4 Å². The first-order chi connectivity index (χ1) is 7.99. The molecule has 0 amide bonds. The van der Waals surface area contributed by atoms with Gasteiger partial charge in [0.15, 0.2) is 0 Å². The number of halogens is 1. The molecular weight excluding hydrogens is 234 g/mol. The second kappa shape index (κ2) is 4.41. The zero-order valence-electron chi connectivity index (χ0n) is 10.3. The average molecular weight is 250 g/mol. The van der Waals surface area contributed by atoms with Crippen LogP contribution in [-0.4, -0.2) is 9.78 Å². The van der Waals surface area contributed by atoms with Crippen LogP contribution in [0.1, 0.15) is 22.3 Å². The van der Waals surface area contributed by atoms with Gasteiger partial charge in [-0.25, -0.2) is 4.68 Å². The van der Waals surface area contributed by atoms with Gasteiger partial charge >= 0.3 is 0 Å². The Morgan fingerprint density at radius 1 is 1.24 bits per heavy atom. The zero-order valence-corrected chi connectivity index (χ0v) is 11.0. The Balaban J connectivity index is 2.40. The summed E-state index contributed by atoms with van der Waals surface area (Å²) in [6.45, 7) is 6.98. The third-order valence-corrected chi connectivity index (χ3v) is 3.27. The number of aromatic nitrogens is 2. The lowest BCUT2D eigenvalue weighted by atomic mass is 10.00. The smallest absolute Gasteiger partial charge is 0.140 e. The number of rotatable bonds is 2. The quantitative estimate of drug-likeness (QED) is 0.889. The number of hydrogen-bond acceptors (Lipinski definition) is 2. The van der Waals surface area contributed by atoms with Gasteiger partial charge in [0.1, 0.15) is 10.8 Å². The molecule has 1 aromatic heterocycles. The molecule has 17 heavy (non-hydrogen) atoms. The molecule has 0 unspecified atom stereocenters. The molecule has 0 saturated heterocycles. The molecule has 0 spiro atoms. The molecule has 0 saturated carbocycles. The maximum atomic E-state index is 5.89. The van der Waals surface area contributed by atoms with Crippen LogP contribution >= 0.6 is 11.6 Å². The van der Waals surface area contributed by atoms with Crippen LogP contribution in [0.2, 0.25) is 5.02 Å². The molecule has 90 valence electrons. The number of nitrogen functional groups attached to an aromatic ring is 1. The molecule has 0 aliphatic carbocycles. The van der Waals surface area contributed by atoms with Gasteiger partial charge in [-0.2, -0.15) is 5.10 Å². The van der Waals surface area contributed by atoms with Crippen LogP contribution in [0, 0.1) is 20.8 Å². The lowest BCUT2D eigenvalue weighted by Crippen LogP contribution is -2.08. The largest absolute Gasteiger partial charge is 0.383 e. The summed E-state index contributed by atoms with van der Waals surface area (Å²) in [5, 5.41) is 4.68. The monoisotopic (exact) mass is 249 g/mol.